The second-order valence-corrected chi connectivity index (χ2v) is 16.7. The first-order valence-corrected chi connectivity index (χ1v) is 22.8. The predicted octanol–water partition coefficient (Wildman–Crippen LogP) is 7.02. The van der Waals surface area contributed by atoms with Crippen molar-refractivity contribution in [2.75, 3.05) is 47.5 Å². The first-order valence-electron chi connectivity index (χ1n) is 22.8. The summed E-state index contributed by atoms with van der Waals surface area (Å²) in [6, 6.07) is 33.2. The lowest BCUT2D eigenvalue weighted by atomic mass is 9.67. The summed E-state index contributed by atoms with van der Waals surface area (Å²) in [6.07, 6.45) is 14.1. The van der Waals surface area contributed by atoms with Crippen molar-refractivity contribution in [3.63, 3.8) is 0 Å². The second-order valence-electron chi connectivity index (χ2n) is 16.7. The molecule has 2 saturated carbocycles. The van der Waals surface area contributed by atoms with Crippen LogP contribution in [0.4, 0.5) is 0 Å². The van der Waals surface area contributed by atoms with Gasteiger partial charge in [-0.2, -0.15) is 10.5 Å². The van der Waals surface area contributed by atoms with Gasteiger partial charge in [0.25, 0.3) is 11.8 Å². The average molecular weight is 921 g/mol. The minimum Gasteiger partial charge on any atom is -0.496 e. The van der Waals surface area contributed by atoms with Crippen LogP contribution < -0.4 is 46.1 Å². The molecule has 2 amide bonds. The number of aliphatic imine (C=N–C) groups is 2. The molecule has 0 bridgehead atoms. The van der Waals surface area contributed by atoms with Crippen molar-refractivity contribution in [3.05, 3.63) is 151 Å². The lowest BCUT2D eigenvalue weighted by Crippen LogP contribution is -2.49. The molecule has 0 atom stereocenters. The summed E-state index contributed by atoms with van der Waals surface area (Å²) < 4.78 is 16.4. The van der Waals surface area contributed by atoms with Gasteiger partial charge in [0.05, 0.1) is 45.5 Å². The van der Waals surface area contributed by atoms with Gasteiger partial charge >= 0.3 is 0 Å². The van der Waals surface area contributed by atoms with Crippen molar-refractivity contribution in [2.45, 2.75) is 74.3 Å². The molecule has 356 valence electrons. The third kappa shape index (κ3) is 13.9. The van der Waals surface area contributed by atoms with Crippen LogP contribution in [0.15, 0.2) is 138 Å². The normalized spacial score (nSPS) is 20.0. The Morgan fingerprint density at radius 3 is 1.44 bits per heavy atom. The first-order chi connectivity index (χ1) is 33.2. The molecule has 15 heteroatoms. The minimum absolute atomic E-state index is 0.139. The molecule has 2 aliphatic carbocycles. The van der Waals surface area contributed by atoms with Gasteiger partial charge in [-0.1, -0.05) is 84.9 Å². The molecule has 0 unspecified atom stereocenters. The van der Waals surface area contributed by atoms with E-state index >= 15 is 0 Å². The topological polar surface area (TPSA) is 206 Å². The maximum Gasteiger partial charge on any atom is 0.255 e. The number of rotatable bonds is 17. The Hall–Kier alpha value is -7.78. The Bertz CT molecular complexity index is 2430. The smallest absolute Gasteiger partial charge is 0.255 e. The fourth-order valence-electron chi connectivity index (χ4n) is 9.01. The van der Waals surface area contributed by atoms with E-state index in [4.69, 9.17) is 24.7 Å². The van der Waals surface area contributed by atoms with Gasteiger partial charge in [-0.05, 0) is 87.3 Å². The second kappa shape index (κ2) is 26.4. The van der Waals surface area contributed by atoms with Crippen LogP contribution in [0.1, 0.15) is 83.2 Å². The zero-order valence-electron chi connectivity index (χ0n) is 39.4. The number of amides is 2. The average Bonchev–Trinajstić information content (AvgIpc) is 3.39. The van der Waals surface area contributed by atoms with Crippen molar-refractivity contribution in [1.29, 1.82) is 10.5 Å². The molecule has 0 heterocycles. The number of nitriles is 2. The molecule has 2 aliphatic rings. The maximum atomic E-state index is 13.1. The van der Waals surface area contributed by atoms with Crippen LogP contribution in [0, 0.1) is 22.9 Å². The van der Waals surface area contributed by atoms with Gasteiger partial charge in [0.2, 0.25) is 11.9 Å². The Morgan fingerprint density at radius 1 is 0.603 bits per heavy atom. The molecule has 68 heavy (non-hydrogen) atoms. The standard InChI is InChI=1S/C27H33N5O3.C26H31N5O2/c1-4-17-29-26(31-19-28)32-20-13-15-27(16-14-20,22-10-6-8-12-24(22)35-3)18-30-25(33)21-9-5-7-11-23(21)34-2;1-3-17-28-25(30-19-27)31-21-13-15-26(16-14-21,20-9-5-4-6-10-20)18-29-24(32)22-11-7-8-12-23(22)33-2/h4-12,20H,1,13-18H2,2-3H3,(H,30,33)(H2,29,31,32);3-12,21H,1,13-18H2,2H3,(H,29,32)(H2,28,30,31). The van der Waals surface area contributed by atoms with Crippen molar-refractivity contribution in [2.24, 2.45) is 9.98 Å². The van der Waals surface area contributed by atoms with Crippen molar-refractivity contribution in [1.82, 2.24) is 31.9 Å². The Morgan fingerprint density at radius 2 is 1.00 bits per heavy atom. The molecule has 6 N–H and O–H groups in total. The Labute approximate surface area is 400 Å². The van der Waals surface area contributed by atoms with E-state index in [1.54, 1.807) is 57.7 Å². The summed E-state index contributed by atoms with van der Waals surface area (Å²) >= 11 is 0. The highest BCUT2D eigenvalue weighted by atomic mass is 16.5. The number of guanidine groups is 2. The zero-order valence-corrected chi connectivity index (χ0v) is 39.4. The van der Waals surface area contributed by atoms with E-state index in [0.717, 1.165) is 62.7 Å². The molecule has 0 aromatic heterocycles. The summed E-state index contributed by atoms with van der Waals surface area (Å²) in [4.78, 5) is 34.7. The summed E-state index contributed by atoms with van der Waals surface area (Å²) in [5, 5.41) is 36.3. The Kier molecular flexibility index (Phi) is 19.9. The number of nitrogens with one attached hydrogen (secondary N) is 6. The summed E-state index contributed by atoms with van der Waals surface area (Å²) in [5.74, 6) is 2.53. The fraction of sp³-hybridized carbons (Fsp3) is 0.358. The van der Waals surface area contributed by atoms with Crippen molar-refractivity contribution >= 4 is 23.7 Å². The zero-order chi connectivity index (χ0) is 48.6. The maximum absolute atomic E-state index is 13.1. The first kappa shape index (κ1) is 51.2. The summed E-state index contributed by atoms with van der Waals surface area (Å²) in [7, 11) is 4.80. The van der Waals surface area contributed by atoms with Gasteiger partial charge in [0.1, 0.15) is 17.2 Å². The van der Waals surface area contributed by atoms with E-state index in [-0.39, 0.29) is 34.7 Å². The van der Waals surface area contributed by atoms with Gasteiger partial charge in [-0.3, -0.25) is 20.2 Å². The lowest BCUT2D eigenvalue weighted by molar-refractivity contribution is 0.0923. The van der Waals surface area contributed by atoms with E-state index in [1.165, 1.54) is 5.56 Å². The minimum atomic E-state index is -0.302. The number of hydrogen-bond donors (Lipinski definition) is 6. The van der Waals surface area contributed by atoms with Crippen LogP contribution in [-0.2, 0) is 10.8 Å². The van der Waals surface area contributed by atoms with E-state index in [2.05, 4.69) is 73.2 Å². The molecule has 0 saturated heterocycles. The fourth-order valence-corrected chi connectivity index (χ4v) is 9.01. The van der Waals surface area contributed by atoms with Crippen LogP contribution >= 0.6 is 0 Å². The Balaban J connectivity index is 0.000000255. The molecule has 2 fully saturated rings. The van der Waals surface area contributed by atoms with E-state index in [9.17, 15) is 9.59 Å². The van der Waals surface area contributed by atoms with Crippen molar-refractivity contribution in [3.8, 4) is 29.6 Å². The molecular weight excluding hydrogens is 857 g/mol. The SMILES string of the molecule is C=CCN=C(NC#N)NC1CCC(CNC(=O)c2ccccc2OC)(c2ccccc2)CC1.C=CCN=C(NC#N)NC1CCC(CNC(=O)c2ccccc2OC)(c2ccccc2OC)CC1. The van der Waals surface area contributed by atoms with Gasteiger partial charge < -0.3 is 35.5 Å². The molecule has 0 aliphatic heterocycles. The summed E-state index contributed by atoms with van der Waals surface area (Å²) in [6.45, 7) is 9.20. The van der Waals surface area contributed by atoms with Gasteiger partial charge in [0, 0.05) is 41.6 Å². The number of hydrogen-bond acceptors (Lipinski definition) is 9. The van der Waals surface area contributed by atoms with E-state index < -0.39 is 0 Å². The summed E-state index contributed by atoms with van der Waals surface area (Å²) in [5.41, 5.74) is 2.87. The van der Waals surface area contributed by atoms with Crippen LogP contribution in [0.5, 0.6) is 17.2 Å². The number of benzene rings is 4. The predicted molar refractivity (Wildman–Crippen MR) is 267 cm³/mol. The van der Waals surface area contributed by atoms with Gasteiger partial charge in [0.15, 0.2) is 12.4 Å². The number of methoxy groups -OCH3 is 3. The van der Waals surface area contributed by atoms with E-state index in [1.807, 2.05) is 73.0 Å². The van der Waals surface area contributed by atoms with Crippen LogP contribution in [0.2, 0.25) is 0 Å². The van der Waals surface area contributed by atoms with E-state index in [0.29, 0.717) is 60.7 Å². The number of para-hydroxylation sites is 3. The molecule has 4 aromatic rings. The lowest BCUT2D eigenvalue weighted by Gasteiger charge is -2.41. The highest BCUT2D eigenvalue weighted by Gasteiger charge is 2.40. The highest BCUT2D eigenvalue weighted by Crippen LogP contribution is 2.43. The molecule has 4 aromatic carbocycles. The van der Waals surface area contributed by atoms with Crippen LogP contribution in [0.3, 0.4) is 0 Å². The molecule has 0 spiro atoms. The van der Waals surface area contributed by atoms with Crippen LogP contribution in [-0.4, -0.2) is 83.3 Å². The van der Waals surface area contributed by atoms with Crippen LogP contribution in [0.25, 0.3) is 0 Å². The molecule has 15 nitrogen and oxygen atoms in total. The molecular formula is C53H64N10O5. The third-order valence-electron chi connectivity index (χ3n) is 12.6. The van der Waals surface area contributed by atoms with Gasteiger partial charge in [-0.15, -0.1) is 13.2 Å². The largest absolute Gasteiger partial charge is 0.496 e. The van der Waals surface area contributed by atoms with Gasteiger partial charge in [-0.25, -0.2) is 9.98 Å². The number of nitrogens with zero attached hydrogens (tertiary/aromatic N) is 4. The van der Waals surface area contributed by atoms with Crippen molar-refractivity contribution < 1.29 is 23.8 Å². The number of carbonyl (C=O) groups excluding carboxylic acids is 2. The highest BCUT2D eigenvalue weighted by molar-refractivity contribution is 5.97. The number of carbonyl (C=O) groups is 2. The quantitative estimate of drug-likeness (QED) is 0.0209. The molecule has 6 rings (SSSR count). The molecule has 0 radical (unpaired) electrons. The third-order valence-corrected chi connectivity index (χ3v) is 12.6. The number of ether oxygens (including phenoxy) is 3. The monoisotopic (exact) mass is 921 g/mol.